The van der Waals surface area contributed by atoms with E-state index < -0.39 is 0 Å². The van der Waals surface area contributed by atoms with Crippen LogP contribution in [0, 0.1) is 5.82 Å². The molecule has 1 aromatic carbocycles. The SMILES string of the molecule is O=C(CN1CCN(C(=O)c2ccc(F)cc2)CC1)NCCC1=CCCCC1. The highest BCUT2D eigenvalue weighted by atomic mass is 19.1. The molecule has 27 heavy (non-hydrogen) atoms. The molecule has 6 heteroatoms. The molecule has 1 aliphatic carbocycles. The lowest BCUT2D eigenvalue weighted by molar-refractivity contribution is -0.122. The van der Waals surface area contributed by atoms with E-state index in [1.807, 2.05) is 0 Å². The molecule has 0 radical (unpaired) electrons. The average Bonchev–Trinajstić information content (AvgIpc) is 2.69. The fourth-order valence-electron chi connectivity index (χ4n) is 3.64. The van der Waals surface area contributed by atoms with E-state index in [2.05, 4.69) is 16.3 Å². The van der Waals surface area contributed by atoms with Crippen LogP contribution in [-0.4, -0.2) is 60.9 Å². The number of nitrogens with one attached hydrogen (secondary N) is 1. The molecule has 1 aromatic rings. The first-order valence-electron chi connectivity index (χ1n) is 9.83. The lowest BCUT2D eigenvalue weighted by Crippen LogP contribution is -2.51. The lowest BCUT2D eigenvalue weighted by atomic mass is 9.97. The van der Waals surface area contributed by atoms with E-state index in [0.29, 0.717) is 44.8 Å². The molecule has 2 amide bonds. The monoisotopic (exact) mass is 373 g/mol. The zero-order chi connectivity index (χ0) is 19.1. The van der Waals surface area contributed by atoms with Crippen molar-refractivity contribution in [1.29, 1.82) is 0 Å². The van der Waals surface area contributed by atoms with Gasteiger partial charge in [0.1, 0.15) is 5.82 Å². The van der Waals surface area contributed by atoms with Crippen LogP contribution in [0.4, 0.5) is 4.39 Å². The van der Waals surface area contributed by atoms with Crippen LogP contribution >= 0.6 is 0 Å². The summed E-state index contributed by atoms with van der Waals surface area (Å²) in [5, 5.41) is 3.00. The van der Waals surface area contributed by atoms with Crippen LogP contribution < -0.4 is 5.32 Å². The van der Waals surface area contributed by atoms with E-state index in [4.69, 9.17) is 0 Å². The molecule has 1 heterocycles. The molecule has 0 aromatic heterocycles. The van der Waals surface area contributed by atoms with Crippen molar-refractivity contribution in [3.8, 4) is 0 Å². The average molecular weight is 373 g/mol. The molecule has 146 valence electrons. The van der Waals surface area contributed by atoms with Gasteiger partial charge in [-0.25, -0.2) is 4.39 Å². The number of halogens is 1. The van der Waals surface area contributed by atoms with E-state index in [1.165, 1.54) is 55.5 Å². The maximum absolute atomic E-state index is 13.0. The largest absolute Gasteiger partial charge is 0.355 e. The van der Waals surface area contributed by atoms with Gasteiger partial charge < -0.3 is 10.2 Å². The zero-order valence-corrected chi connectivity index (χ0v) is 15.8. The van der Waals surface area contributed by atoms with Gasteiger partial charge in [0.15, 0.2) is 0 Å². The van der Waals surface area contributed by atoms with Crippen LogP contribution in [0.1, 0.15) is 42.5 Å². The number of amides is 2. The van der Waals surface area contributed by atoms with Crippen molar-refractivity contribution >= 4 is 11.8 Å². The Morgan fingerprint density at radius 1 is 1.04 bits per heavy atom. The summed E-state index contributed by atoms with van der Waals surface area (Å²) in [6.45, 7) is 3.58. The molecule has 5 nitrogen and oxygen atoms in total. The van der Waals surface area contributed by atoms with Gasteiger partial charge in [0.05, 0.1) is 6.54 Å². The van der Waals surface area contributed by atoms with Crippen molar-refractivity contribution in [2.24, 2.45) is 0 Å². The molecule has 0 bridgehead atoms. The van der Waals surface area contributed by atoms with E-state index in [-0.39, 0.29) is 17.6 Å². The third-order valence-corrected chi connectivity index (χ3v) is 5.27. The number of piperazine rings is 1. The van der Waals surface area contributed by atoms with Gasteiger partial charge in [0.25, 0.3) is 5.91 Å². The number of carbonyl (C=O) groups excluding carboxylic acids is 2. The Morgan fingerprint density at radius 3 is 2.44 bits per heavy atom. The number of hydrogen-bond acceptors (Lipinski definition) is 3. The summed E-state index contributed by atoms with van der Waals surface area (Å²) in [7, 11) is 0. The van der Waals surface area contributed by atoms with Crippen LogP contribution in [0.25, 0.3) is 0 Å². The Labute approximate surface area is 160 Å². The molecule has 0 atom stereocenters. The Kier molecular flexibility index (Phi) is 6.98. The first kappa shape index (κ1) is 19.5. The standard InChI is InChI=1S/C21H28FN3O2/c22-19-8-6-18(7-9-19)21(27)25-14-12-24(13-15-25)16-20(26)23-11-10-17-4-2-1-3-5-17/h4,6-9H,1-3,5,10-16H2,(H,23,26). The van der Waals surface area contributed by atoms with Gasteiger partial charge in [-0.1, -0.05) is 11.6 Å². The summed E-state index contributed by atoms with van der Waals surface area (Å²) in [5.74, 6) is -0.383. The van der Waals surface area contributed by atoms with Gasteiger partial charge in [-0.05, 0) is 56.4 Å². The molecule has 0 unspecified atom stereocenters. The minimum Gasteiger partial charge on any atom is -0.355 e. The molecule has 0 saturated carbocycles. The fourth-order valence-corrected chi connectivity index (χ4v) is 3.64. The minimum atomic E-state index is -0.345. The zero-order valence-electron chi connectivity index (χ0n) is 15.8. The van der Waals surface area contributed by atoms with E-state index in [1.54, 1.807) is 4.90 Å². The van der Waals surface area contributed by atoms with Crippen molar-refractivity contribution in [3.63, 3.8) is 0 Å². The summed E-state index contributed by atoms with van der Waals surface area (Å²) in [6.07, 6.45) is 8.15. The van der Waals surface area contributed by atoms with Crippen molar-refractivity contribution in [2.45, 2.75) is 32.1 Å². The summed E-state index contributed by atoms with van der Waals surface area (Å²) in [4.78, 5) is 28.4. The topological polar surface area (TPSA) is 52.7 Å². The third-order valence-electron chi connectivity index (χ3n) is 5.27. The van der Waals surface area contributed by atoms with E-state index >= 15 is 0 Å². The molecule has 0 spiro atoms. The normalized spacial score (nSPS) is 18.1. The first-order valence-corrected chi connectivity index (χ1v) is 9.83. The lowest BCUT2D eigenvalue weighted by Gasteiger charge is -2.34. The van der Waals surface area contributed by atoms with Gasteiger partial charge in [-0.2, -0.15) is 0 Å². The predicted molar refractivity (Wildman–Crippen MR) is 103 cm³/mol. The second kappa shape index (κ2) is 9.65. The molecule has 1 N–H and O–H groups in total. The van der Waals surface area contributed by atoms with Crippen molar-refractivity contribution < 1.29 is 14.0 Å². The minimum absolute atomic E-state index is 0.0460. The smallest absolute Gasteiger partial charge is 0.253 e. The molecule has 1 saturated heterocycles. The molecule has 1 aliphatic heterocycles. The van der Waals surface area contributed by atoms with Crippen LogP contribution in [0.5, 0.6) is 0 Å². The molecule has 1 fully saturated rings. The number of carbonyl (C=O) groups is 2. The van der Waals surface area contributed by atoms with Crippen LogP contribution in [0.15, 0.2) is 35.9 Å². The van der Waals surface area contributed by atoms with Gasteiger partial charge >= 0.3 is 0 Å². The third kappa shape index (κ3) is 5.89. The number of nitrogens with zero attached hydrogens (tertiary/aromatic N) is 2. The number of rotatable bonds is 6. The number of hydrogen-bond donors (Lipinski definition) is 1. The fraction of sp³-hybridized carbons (Fsp3) is 0.524. The van der Waals surface area contributed by atoms with Gasteiger partial charge in [-0.15, -0.1) is 0 Å². The first-order chi connectivity index (χ1) is 13.1. The summed E-state index contributed by atoms with van der Waals surface area (Å²) < 4.78 is 13.0. The van der Waals surface area contributed by atoms with Crippen molar-refractivity contribution in [2.75, 3.05) is 39.3 Å². The maximum atomic E-state index is 13.0. The predicted octanol–water partition coefficient (Wildman–Crippen LogP) is 2.59. The van der Waals surface area contributed by atoms with Crippen molar-refractivity contribution in [1.82, 2.24) is 15.1 Å². The van der Waals surface area contributed by atoms with Crippen LogP contribution in [-0.2, 0) is 4.79 Å². The van der Waals surface area contributed by atoms with Gasteiger partial charge in [0, 0.05) is 38.3 Å². The van der Waals surface area contributed by atoms with E-state index in [9.17, 15) is 14.0 Å². The Hall–Kier alpha value is -2.21. The second-order valence-electron chi connectivity index (χ2n) is 7.28. The van der Waals surface area contributed by atoms with Gasteiger partial charge in [0.2, 0.25) is 5.91 Å². The summed E-state index contributed by atoms with van der Waals surface area (Å²) in [5.41, 5.74) is 1.97. The van der Waals surface area contributed by atoms with Crippen molar-refractivity contribution in [3.05, 3.63) is 47.3 Å². The number of allylic oxidation sites excluding steroid dienone is 1. The maximum Gasteiger partial charge on any atom is 0.253 e. The highest BCUT2D eigenvalue weighted by molar-refractivity contribution is 5.94. The molecule has 2 aliphatic rings. The summed E-state index contributed by atoms with van der Waals surface area (Å²) >= 11 is 0. The number of benzene rings is 1. The Bertz CT molecular complexity index is 679. The highest BCUT2D eigenvalue weighted by Gasteiger charge is 2.23. The molecule has 3 rings (SSSR count). The molecular formula is C21H28FN3O2. The quantitative estimate of drug-likeness (QED) is 0.780. The molecular weight excluding hydrogens is 345 g/mol. The highest BCUT2D eigenvalue weighted by Crippen LogP contribution is 2.19. The second-order valence-corrected chi connectivity index (χ2v) is 7.28. The van der Waals surface area contributed by atoms with Gasteiger partial charge in [-0.3, -0.25) is 14.5 Å². The summed E-state index contributed by atoms with van der Waals surface area (Å²) in [6, 6.07) is 5.63. The Morgan fingerprint density at radius 2 is 1.78 bits per heavy atom. The van der Waals surface area contributed by atoms with Crippen LogP contribution in [0.2, 0.25) is 0 Å². The van der Waals surface area contributed by atoms with E-state index in [0.717, 1.165) is 6.42 Å². The Balaban J connectivity index is 1.36. The van der Waals surface area contributed by atoms with Crippen LogP contribution in [0.3, 0.4) is 0 Å².